The molecule has 1 aliphatic heterocycles. The zero-order chi connectivity index (χ0) is 13.8. The van der Waals surface area contributed by atoms with Gasteiger partial charge in [-0.3, -0.25) is 9.58 Å². The number of hydrogen-bond donors (Lipinski definition) is 1. The molecule has 2 N–H and O–H groups in total. The third kappa shape index (κ3) is 3.80. The maximum atomic E-state index is 6.10. The van der Waals surface area contributed by atoms with Crippen LogP contribution in [-0.2, 0) is 6.54 Å². The molecular formula is C15H28N4. The number of hydrogen-bond acceptors (Lipinski definition) is 3. The van der Waals surface area contributed by atoms with Gasteiger partial charge in [0.05, 0.1) is 11.7 Å². The highest BCUT2D eigenvalue weighted by atomic mass is 15.3. The molecule has 0 bridgehead atoms. The first-order valence-electron chi connectivity index (χ1n) is 7.64. The first-order chi connectivity index (χ1) is 9.12. The van der Waals surface area contributed by atoms with E-state index in [9.17, 15) is 0 Å². The van der Waals surface area contributed by atoms with E-state index in [2.05, 4.69) is 42.6 Å². The summed E-state index contributed by atoms with van der Waals surface area (Å²) < 4.78 is 2.13. The lowest BCUT2D eigenvalue weighted by Crippen LogP contribution is -2.45. The Hall–Kier alpha value is -0.870. The number of piperidine rings is 1. The smallest absolute Gasteiger partial charge is 0.0764 e. The zero-order valence-corrected chi connectivity index (χ0v) is 12.5. The van der Waals surface area contributed by atoms with Crippen LogP contribution >= 0.6 is 0 Å². The van der Waals surface area contributed by atoms with Crippen LogP contribution in [0.5, 0.6) is 0 Å². The lowest BCUT2D eigenvalue weighted by molar-refractivity contribution is 0.156. The second kappa shape index (κ2) is 6.53. The average molecular weight is 264 g/mol. The number of likely N-dealkylation sites (tertiary alicyclic amines) is 1. The fourth-order valence-corrected chi connectivity index (χ4v) is 3.20. The first kappa shape index (κ1) is 14.5. The van der Waals surface area contributed by atoms with Crippen LogP contribution in [0.25, 0.3) is 0 Å². The van der Waals surface area contributed by atoms with Gasteiger partial charge in [0.15, 0.2) is 0 Å². The van der Waals surface area contributed by atoms with Crippen molar-refractivity contribution in [3.8, 4) is 0 Å². The summed E-state index contributed by atoms with van der Waals surface area (Å²) in [7, 11) is 0. The summed E-state index contributed by atoms with van der Waals surface area (Å²) in [4.78, 5) is 2.44. The van der Waals surface area contributed by atoms with Gasteiger partial charge in [0.2, 0.25) is 0 Å². The van der Waals surface area contributed by atoms with E-state index in [1.165, 1.54) is 5.69 Å². The highest BCUT2D eigenvalue weighted by Crippen LogP contribution is 2.18. The molecule has 1 aromatic rings. The van der Waals surface area contributed by atoms with Crippen molar-refractivity contribution in [1.82, 2.24) is 14.7 Å². The highest BCUT2D eigenvalue weighted by molar-refractivity contribution is 5.00. The number of aromatic nitrogens is 2. The van der Waals surface area contributed by atoms with Crippen molar-refractivity contribution in [1.29, 1.82) is 0 Å². The second-order valence-electron chi connectivity index (χ2n) is 6.05. The van der Waals surface area contributed by atoms with E-state index in [1.54, 1.807) is 0 Å². The standard InChI is InChI=1S/C15H28N4/c1-4-15(5-2)19-7-6-14(17-19)11-18-9-12(3)8-13(16)10-18/h6-7,12-13,15H,4-5,8-11,16H2,1-3H3. The molecule has 1 saturated heterocycles. The average Bonchev–Trinajstić information content (AvgIpc) is 2.78. The molecular weight excluding hydrogens is 236 g/mol. The van der Waals surface area contributed by atoms with E-state index < -0.39 is 0 Å². The Morgan fingerprint density at radius 1 is 1.37 bits per heavy atom. The molecule has 1 fully saturated rings. The van der Waals surface area contributed by atoms with Crippen LogP contribution in [0, 0.1) is 5.92 Å². The molecule has 4 heteroatoms. The van der Waals surface area contributed by atoms with Crippen molar-refractivity contribution in [2.45, 2.75) is 58.7 Å². The Bertz CT molecular complexity index is 373. The van der Waals surface area contributed by atoms with Gasteiger partial charge < -0.3 is 5.73 Å². The van der Waals surface area contributed by atoms with Gasteiger partial charge in [0.1, 0.15) is 0 Å². The summed E-state index contributed by atoms with van der Waals surface area (Å²) in [5.74, 6) is 0.699. The van der Waals surface area contributed by atoms with Crippen LogP contribution < -0.4 is 5.73 Å². The van der Waals surface area contributed by atoms with E-state index >= 15 is 0 Å². The maximum Gasteiger partial charge on any atom is 0.0764 e. The fraction of sp³-hybridized carbons (Fsp3) is 0.800. The van der Waals surface area contributed by atoms with Crippen molar-refractivity contribution in [3.63, 3.8) is 0 Å². The Morgan fingerprint density at radius 3 is 2.74 bits per heavy atom. The van der Waals surface area contributed by atoms with E-state index in [1.807, 2.05) is 0 Å². The van der Waals surface area contributed by atoms with Gasteiger partial charge in [0.25, 0.3) is 0 Å². The van der Waals surface area contributed by atoms with E-state index in [0.717, 1.165) is 38.9 Å². The van der Waals surface area contributed by atoms with Gasteiger partial charge in [-0.15, -0.1) is 0 Å². The maximum absolute atomic E-state index is 6.10. The van der Waals surface area contributed by atoms with Crippen molar-refractivity contribution in [2.75, 3.05) is 13.1 Å². The number of rotatable bonds is 5. The Labute approximate surface area is 117 Å². The molecule has 108 valence electrons. The number of nitrogens with zero attached hydrogens (tertiary/aromatic N) is 3. The van der Waals surface area contributed by atoms with Crippen LogP contribution in [0.4, 0.5) is 0 Å². The zero-order valence-electron chi connectivity index (χ0n) is 12.5. The van der Waals surface area contributed by atoms with Gasteiger partial charge in [-0.25, -0.2) is 0 Å². The Morgan fingerprint density at radius 2 is 2.11 bits per heavy atom. The van der Waals surface area contributed by atoms with Crippen molar-refractivity contribution in [2.24, 2.45) is 11.7 Å². The topological polar surface area (TPSA) is 47.1 Å². The first-order valence-corrected chi connectivity index (χ1v) is 7.64. The summed E-state index contributed by atoms with van der Waals surface area (Å²) >= 11 is 0. The number of nitrogens with two attached hydrogens (primary N) is 1. The summed E-state index contributed by atoms with van der Waals surface area (Å²) in [6.07, 6.45) is 5.56. The van der Waals surface area contributed by atoms with Crippen LogP contribution in [0.15, 0.2) is 12.3 Å². The summed E-state index contributed by atoms with van der Waals surface area (Å²) in [5.41, 5.74) is 7.27. The van der Waals surface area contributed by atoms with Crippen LogP contribution in [0.1, 0.15) is 51.8 Å². The molecule has 2 atom stereocenters. The summed E-state index contributed by atoms with van der Waals surface area (Å²) in [6.45, 7) is 9.81. The minimum absolute atomic E-state index is 0.324. The lowest BCUT2D eigenvalue weighted by Gasteiger charge is -2.34. The normalized spacial score (nSPS) is 25.1. The van der Waals surface area contributed by atoms with Crippen molar-refractivity contribution >= 4 is 0 Å². The highest BCUT2D eigenvalue weighted by Gasteiger charge is 2.22. The quantitative estimate of drug-likeness (QED) is 0.888. The Kier molecular flexibility index (Phi) is 4.99. The molecule has 2 rings (SSSR count). The molecule has 2 unspecified atom stereocenters. The molecule has 19 heavy (non-hydrogen) atoms. The molecule has 4 nitrogen and oxygen atoms in total. The van der Waals surface area contributed by atoms with E-state index in [0.29, 0.717) is 18.0 Å². The van der Waals surface area contributed by atoms with Gasteiger partial charge in [-0.2, -0.15) is 5.10 Å². The minimum Gasteiger partial charge on any atom is -0.327 e. The summed E-state index contributed by atoms with van der Waals surface area (Å²) in [5, 5.41) is 4.73. The van der Waals surface area contributed by atoms with Crippen molar-refractivity contribution < 1.29 is 0 Å². The monoisotopic (exact) mass is 264 g/mol. The predicted molar refractivity (Wildman–Crippen MR) is 78.9 cm³/mol. The predicted octanol–water partition coefficient (Wildman–Crippen LogP) is 2.41. The van der Waals surface area contributed by atoms with Crippen LogP contribution in [0.3, 0.4) is 0 Å². The molecule has 0 spiro atoms. The molecule has 0 saturated carbocycles. The van der Waals surface area contributed by atoms with Gasteiger partial charge in [-0.1, -0.05) is 20.8 Å². The third-order valence-electron chi connectivity index (χ3n) is 4.13. The Balaban J connectivity index is 1.96. The van der Waals surface area contributed by atoms with Crippen LogP contribution in [0.2, 0.25) is 0 Å². The van der Waals surface area contributed by atoms with E-state index in [4.69, 9.17) is 10.8 Å². The SMILES string of the molecule is CCC(CC)n1ccc(CN2CC(C)CC(N)C2)n1. The van der Waals surface area contributed by atoms with E-state index in [-0.39, 0.29) is 0 Å². The lowest BCUT2D eigenvalue weighted by atomic mass is 9.96. The largest absolute Gasteiger partial charge is 0.327 e. The molecule has 2 heterocycles. The van der Waals surface area contributed by atoms with Crippen LogP contribution in [-0.4, -0.2) is 33.8 Å². The second-order valence-corrected chi connectivity index (χ2v) is 6.05. The molecule has 0 aromatic carbocycles. The molecule has 1 aromatic heterocycles. The molecule has 0 amide bonds. The third-order valence-corrected chi connectivity index (χ3v) is 4.13. The van der Waals surface area contributed by atoms with Gasteiger partial charge >= 0.3 is 0 Å². The minimum atomic E-state index is 0.324. The molecule has 1 aliphatic rings. The summed E-state index contributed by atoms with van der Waals surface area (Å²) in [6, 6.07) is 3.02. The molecule has 0 aliphatic carbocycles. The molecule has 0 radical (unpaired) electrons. The van der Waals surface area contributed by atoms with Crippen molar-refractivity contribution in [3.05, 3.63) is 18.0 Å². The fourth-order valence-electron chi connectivity index (χ4n) is 3.20. The van der Waals surface area contributed by atoms with Gasteiger partial charge in [0, 0.05) is 31.9 Å². The van der Waals surface area contributed by atoms with Gasteiger partial charge in [-0.05, 0) is 31.2 Å².